The molecule has 3 nitrogen and oxygen atoms in total. The zero-order valence-corrected chi connectivity index (χ0v) is 12.1. The van der Waals surface area contributed by atoms with E-state index in [4.69, 9.17) is 11.6 Å². The first-order valence-corrected chi connectivity index (χ1v) is 7.22. The molecule has 3 aromatic rings. The van der Waals surface area contributed by atoms with Gasteiger partial charge in [0.1, 0.15) is 11.3 Å². The Morgan fingerprint density at radius 2 is 2.05 bits per heavy atom. The molecule has 0 amide bonds. The normalized spacial score (nSPS) is 11.1. The fourth-order valence-corrected chi connectivity index (χ4v) is 2.61. The molecular formula is C16H16ClN3. The zero-order chi connectivity index (χ0) is 13.9. The summed E-state index contributed by atoms with van der Waals surface area (Å²) >= 11 is 5.90. The van der Waals surface area contributed by atoms with Gasteiger partial charge in [-0.05, 0) is 24.1 Å². The fraction of sp³-hybridized carbons (Fsp3) is 0.250. The molecule has 0 aliphatic heterocycles. The second-order valence-corrected chi connectivity index (χ2v) is 5.22. The van der Waals surface area contributed by atoms with Crippen LogP contribution in [0.2, 0.25) is 0 Å². The van der Waals surface area contributed by atoms with Crippen LogP contribution in [0.15, 0.2) is 42.7 Å². The molecule has 2 heterocycles. The van der Waals surface area contributed by atoms with Gasteiger partial charge in [-0.2, -0.15) is 0 Å². The minimum absolute atomic E-state index is 0.574. The van der Waals surface area contributed by atoms with E-state index in [9.17, 15) is 0 Å². The molecule has 0 fully saturated rings. The molecule has 0 saturated heterocycles. The van der Waals surface area contributed by atoms with E-state index < -0.39 is 0 Å². The summed E-state index contributed by atoms with van der Waals surface area (Å²) in [5.74, 6) is 1.59. The number of imidazole rings is 1. The molecule has 0 aliphatic rings. The van der Waals surface area contributed by atoms with Gasteiger partial charge in [-0.15, -0.1) is 11.6 Å². The average Bonchev–Trinajstić information content (AvgIpc) is 2.80. The maximum Gasteiger partial charge on any atom is 0.111 e. The largest absolute Gasteiger partial charge is 0.323 e. The summed E-state index contributed by atoms with van der Waals surface area (Å²) in [7, 11) is 0. The molecule has 2 aromatic heterocycles. The first-order valence-electron chi connectivity index (χ1n) is 6.69. The van der Waals surface area contributed by atoms with Crippen LogP contribution >= 0.6 is 11.6 Å². The summed E-state index contributed by atoms with van der Waals surface area (Å²) in [6.07, 6.45) is 4.38. The number of pyridine rings is 1. The van der Waals surface area contributed by atoms with Gasteiger partial charge in [0.05, 0.1) is 11.7 Å². The van der Waals surface area contributed by atoms with Crippen molar-refractivity contribution in [1.29, 1.82) is 0 Å². The van der Waals surface area contributed by atoms with Crippen molar-refractivity contribution in [2.45, 2.75) is 19.9 Å². The topological polar surface area (TPSA) is 30.7 Å². The molecule has 0 N–H and O–H groups in total. The van der Waals surface area contributed by atoms with Gasteiger partial charge in [0.25, 0.3) is 0 Å². The van der Waals surface area contributed by atoms with Crippen LogP contribution < -0.4 is 0 Å². The molecule has 0 bridgehead atoms. The lowest BCUT2D eigenvalue weighted by Crippen LogP contribution is -2.07. The summed E-state index contributed by atoms with van der Waals surface area (Å²) in [5, 5.41) is 0. The molecule has 4 heteroatoms. The first kappa shape index (κ1) is 13.1. The third-order valence-corrected chi connectivity index (χ3v) is 3.73. The monoisotopic (exact) mass is 285 g/mol. The van der Waals surface area contributed by atoms with Crippen molar-refractivity contribution in [3.05, 3.63) is 59.7 Å². The number of benzene rings is 1. The van der Waals surface area contributed by atoms with Crippen LogP contribution in [0.5, 0.6) is 0 Å². The van der Waals surface area contributed by atoms with Gasteiger partial charge >= 0.3 is 0 Å². The van der Waals surface area contributed by atoms with Crippen molar-refractivity contribution in [3.8, 4) is 0 Å². The average molecular weight is 286 g/mol. The number of aryl methyl sites for hydroxylation is 2. The van der Waals surface area contributed by atoms with Crippen molar-refractivity contribution in [3.63, 3.8) is 0 Å². The number of alkyl halides is 1. The summed E-state index contributed by atoms with van der Waals surface area (Å²) in [4.78, 5) is 8.79. The lowest BCUT2D eigenvalue weighted by atomic mass is 10.1. The Labute approximate surface area is 123 Å². The van der Waals surface area contributed by atoms with Crippen molar-refractivity contribution in [1.82, 2.24) is 14.5 Å². The Morgan fingerprint density at radius 3 is 2.85 bits per heavy atom. The van der Waals surface area contributed by atoms with Crippen LogP contribution in [0.3, 0.4) is 0 Å². The Balaban J connectivity index is 2.09. The van der Waals surface area contributed by atoms with Crippen LogP contribution in [0, 0.1) is 6.92 Å². The van der Waals surface area contributed by atoms with Crippen molar-refractivity contribution in [2.24, 2.45) is 0 Å². The minimum atomic E-state index is 0.574. The molecule has 0 saturated carbocycles. The van der Waals surface area contributed by atoms with E-state index in [-0.39, 0.29) is 0 Å². The molecule has 0 radical (unpaired) electrons. The van der Waals surface area contributed by atoms with Crippen molar-refractivity contribution < 1.29 is 0 Å². The highest BCUT2D eigenvalue weighted by atomic mass is 35.5. The standard InChI is InChI=1S/C16H16ClN3/c1-12-4-2-3-5-13(12)11-20-15-7-9-18-10-14(15)19-16(20)6-8-17/h2-5,7,9-10H,6,8,11H2,1H3. The van der Waals surface area contributed by atoms with Crippen LogP contribution in [0.25, 0.3) is 11.0 Å². The van der Waals surface area contributed by atoms with Gasteiger partial charge in [-0.3, -0.25) is 4.98 Å². The van der Waals surface area contributed by atoms with Gasteiger partial charge in [-0.25, -0.2) is 4.98 Å². The SMILES string of the molecule is Cc1ccccc1Cn1c(CCCl)nc2cnccc21. The van der Waals surface area contributed by atoms with Crippen molar-refractivity contribution >= 4 is 22.6 Å². The number of hydrogen-bond acceptors (Lipinski definition) is 2. The van der Waals surface area contributed by atoms with E-state index in [1.165, 1.54) is 11.1 Å². The Hall–Kier alpha value is -1.87. The van der Waals surface area contributed by atoms with Crippen LogP contribution in [0.4, 0.5) is 0 Å². The highest BCUT2D eigenvalue weighted by Crippen LogP contribution is 2.19. The van der Waals surface area contributed by atoms with Gasteiger partial charge in [0, 0.05) is 25.0 Å². The zero-order valence-electron chi connectivity index (χ0n) is 11.4. The van der Waals surface area contributed by atoms with E-state index in [1.807, 2.05) is 12.3 Å². The van der Waals surface area contributed by atoms with E-state index in [2.05, 4.69) is 45.7 Å². The highest BCUT2D eigenvalue weighted by Gasteiger charge is 2.11. The summed E-state index contributed by atoms with van der Waals surface area (Å²) < 4.78 is 2.24. The quantitative estimate of drug-likeness (QED) is 0.686. The second kappa shape index (κ2) is 5.63. The second-order valence-electron chi connectivity index (χ2n) is 4.84. The number of fused-ring (bicyclic) bond motifs is 1. The smallest absolute Gasteiger partial charge is 0.111 e. The first-order chi connectivity index (χ1) is 9.79. The van der Waals surface area contributed by atoms with Gasteiger partial charge in [-0.1, -0.05) is 24.3 Å². The molecule has 0 aliphatic carbocycles. The molecular weight excluding hydrogens is 270 g/mol. The fourth-order valence-electron chi connectivity index (χ4n) is 2.44. The highest BCUT2D eigenvalue weighted by molar-refractivity contribution is 6.17. The summed E-state index contributed by atoms with van der Waals surface area (Å²) in [6.45, 7) is 2.95. The maximum absolute atomic E-state index is 5.90. The van der Waals surface area contributed by atoms with Crippen LogP contribution in [0.1, 0.15) is 17.0 Å². The Bertz CT molecular complexity index is 733. The molecule has 20 heavy (non-hydrogen) atoms. The van der Waals surface area contributed by atoms with E-state index in [0.29, 0.717) is 5.88 Å². The summed E-state index contributed by atoms with van der Waals surface area (Å²) in [5.41, 5.74) is 4.64. The number of nitrogens with zero attached hydrogens (tertiary/aromatic N) is 3. The van der Waals surface area contributed by atoms with Gasteiger partial charge in [0.2, 0.25) is 0 Å². The third kappa shape index (κ3) is 2.41. The Kier molecular flexibility index (Phi) is 3.70. The lowest BCUT2D eigenvalue weighted by Gasteiger charge is -2.10. The molecule has 1 aromatic carbocycles. The lowest BCUT2D eigenvalue weighted by molar-refractivity contribution is 0.751. The van der Waals surface area contributed by atoms with Crippen LogP contribution in [-0.2, 0) is 13.0 Å². The van der Waals surface area contributed by atoms with E-state index >= 15 is 0 Å². The van der Waals surface area contributed by atoms with E-state index in [0.717, 1.165) is 29.8 Å². The molecule has 102 valence electrons. The van der Waals surface area contributed by atoms with Gasteiger partial charge < -0.3 is 4.57 Å². The number of aromatic nitrogens is 3. The van der Waals surface area contributed by atoms with Crippen LogP contribution in [-0.4, -0.2) is 20.4 Å². The number of rotatable bonds is 4. The number of hydrogen-bond donors (Lipinski definition) is 0. The summed E-state index contributed by atoms with van der Waals surface area (Å²) in [6, 6.07) is 10.4. The predicted molar refractivity (Wildman–Crippen MR) is 82.2 cm³/mol. The van der Waals surface area contributed by atoms with E-state index in [1.54, 1.807) is 6.20 Å². The molecule has 0 unspecified atom stereocenters. The predicted octanol–water partition coefficient (Wildman–Crippen LogP) is 3.57. The Morgan fingerprint density at radius 1 is 1.20 bits per heavy atom. The minimum Gasteiger partial charge on any atom is -0.323 e. The number of halogens is 1. The van der Waals surface area contributed by atoms with Gasteiger partial charge in [0.15, 0.2) is 0 Å². The third-order valence-electron chi connectivity index (χ3n) is 3.54. The molecule has 3 rings (SSSR count). The maximum atomic E-state index is 5.90. The van der Waals surface area contributed by atoms with Crippen molar-refractivity contribution in [2.75, 3.05) is 5.88 Å². The molecule has 0 spiro atoms. The molecule has 0 atom stereocenters.